The zero-order chi connectivity index (χ0) is 14.0. The van der Waals surface area contributed by atoms with E-state index in [0.29, 0.717) is 5.56 Å². The number of pyridine rings is 1. The third-order valence-electron chi connectivity index (χ3n) is 2.41. The Labute approximate surface area is 113 Å². The average molecular weight is 282 g/mol. The van der Waals surface area contributed by atoms with Crippen LogP contribution in [0.1, 0.15) is 15.9 Å². The minimum Gasteiger partial charge on any atom is -0.477 e. The smallest absolute Gasteiger partial charge is 0.341 e. The van der Waals surface area contributed by atoms with Gasteiger partial charge >= 0.3 is 5.97 Å². The zero-order valence-corrected chi connectivity index (χ0v) is 10.6. The largest absolute Gasteiger partial charge is 0.477 e. The first kappa shape index (κ1) is 13.3. The summed E-state index contributed by atoms with van der Waals surface area (Å²) in [4.78, 5) is 14.8. The molecule has 0 aliphatic carbocycles. The van der Waals surface area contributed by atoms with Gasteiger partial charge in [0.2, 0.25) is 5.88 Å². The van der Waals surface area contributed by atoms with Crippen LogP contribution in [-0.4, -0.2) is 16.1 Å². The topological polar surface area (TPSA) is 59.4 Å². The number of halogens is 2. The fourth-order valence-corrected chi connectivity index (χ4v) is 1.55. The van der Waals surface area contributed by atoms with E-state index in [9.17, 15) is 9.18 Å². The summed E-state index contributed by atoms with van der Waals surface area (Å²) in [6, 6.07) is 6.82. The molecule has 2 rings (SSSR count). The number of ether oxygens (including phenoxy) is 1. The number of carboxylic acid groups (broad SMARTS) is 1. The minimum absolute atomic E-state index is 0.0904. The van der Waals surface area contributed by atoms with Gasteiger partial charge in [0.05, 0.1) is 0 Å². The Morgan fingerprint density at radius 1 is 1.37 bits per heavy atom. The lowest BCUT2D eigenvalue weighted by Crippen LogP contribution is -2.02. The van der Waals surface area contributed by atoms with Gasteiger partial charge in [-0.3, -0.25) is 0 Å². The Hall–Kier alpha value is -2.14. The molecule has 0 saturated heterocycles. The van der Waals surface area contributed by atoms with Crippen LogP contribution in [0.15, 0.2) is 30.3 Å². The van der Waals surface area contributed by atoms with Gasteiger partial charge in [-0.1, -0.05) is 17.7 Å². The maximum atomic E-state index is 13.4. The number of aryl methyl sites for hydroxylation is 1. The van der Waals surface area contributed by atoms with Crippen molar-refractivity contribution in [2.24, 2.45) is 0 Å². The van der Waals surface area contributed by atoms with Crippen molar-refractivity contribution in [3.05, 3.63) is 52.4 Å². The van der Waals surface area contributed by atoms with Gasteiger partial charge in [0.25, 0.3) is 0 Å². The highest BCUT2D eigenvalue weighted by Gasteiger charge is 2.14. The fourth-order valence-electron chi connectivity index (χ4n) is 1.41. The molecule has 19 heavy (non-hydrogen) atoms. The Kier molecular flexibility index (Phi) is 3.66. The highest BCUT2D eigenvalue weighted by molar-refractivity contribution is 6.29. The van der Waals surface area contributed by atoms with Crippen LogP contribution in [0.4, 0.5) is 4.39 Å². The molecule has 0 unspecified atom stereocenters. The van der Waals surface area contributed by atoms with Gasteiger partial charge in [-0.25, -0.2) is 14.2 Å². The van der Waals surface area contributed by atoms with Crippen LogP contribution in [0.5, 0.6) is 11.6 Å². The van der Waals surface area contributed by atoms with Crippen LogP contribution < -0.4 is 4.74 Å². The van der Waals surface area contributed by atoms with Crippen LogP contribution in [0.25, 0.3) is 0 Å². The highest BCUT2D eigenvalue weighted by Crippen LogP contribution is 2.26. The number of aromatic carboxylic acids is 1. The summed E-state index contributed by atoms with van der Waals surface area (Å²) in [5, 5.41) is 9.09. The predicted molar refractivity (Wildman–Crippen MR) is 67.4 cm³/mol. The summed E-state index contributed by atoms with van der Waals surface area (Å²) >= 11 is 5.69. The van der Waals surface area contributed by atoms with Crippen molar-refractivity contribution in [3.63, 3.8) is 0 Å². The molecular formula is C13H9ClFNO3. The van der Waals surface area contributed by atoms with E-state index in [1.165, 1.54) is 24.3 Å². The number of carbonyl (C=O) groups is 1. The number of carboxylic acids is 1. The molecule has 0 atom stereocenters. The molecule has 4 nitrogen and oxygen atoms in total. The van der Waals surface area contributed by atoms with Crippen LogP contribution >= 0.6 is 11.6 Å². The van der Waals surface area contributed by atoms with E-state index in [4.69, 9.17) is 21.4 Å². The molecule has 98 valence electrons. The SMILES string of the molecule is Cc1ccc(Oc2nc(Cl)ccc2C(=O)O)cc1F. The van der Waals surface area contributed by atoms with E-state index in [1.54, 1.807) is 6.92 Å². The fraction of sp³-hybridized carbons (Fsp3) is 0.0769. The monoisotopic (exact) mass is 281 g/mol. The summed E-state index contributed by atoms with van der Waals surface area (Å²) < 4.78 is 18.6. The third kappa shape index (κ3) is 3.00. The Balaban J connectivity index is 2.39. The molecular weight excluding hydrogens is 273 g/mol. The summed E-state index contributed by atoms with van der Waals surface area (Å²) in [7, 11) is 0. The van der Waals surface area contributed by atoms with Gasteiger partial charge in [0.1, 0.15) is 22.3 Å². The average Bonchev–Trinajstić information content (AvgIpc) is 2.33. The quantitative estimate of drug-likeness (QED) is 0.872. The van der Waals surface area contributed by atoms with Gasteiger partial charge in [0.15, 0.2) is 0 Å². The van der Waals surface area contributed by atoms with Crippen molar-refractivity contribution in [1.29, 1.82) is 0 Å². The number of benzene rings is 1. The normalized spacial score (nSPS) is 10.3. The summed E-state index contributed by atoms with van der Waals surface area (Å²) in [6.45, 7) is 1.61. The van der Waals surface area contributed by atoms with Gasteiger partial charge in [-0.2, -0.15) is 0 Å². The van der Waals surface area contributed by atoms with E-state index < -0.39 is 11.8 Å². The standard InChI is InChI=1S/C13H9ClFNO3/c1-7-2-3-8(6-10(7)15)19-12-9(13(17)18)4-5-11(14)16-12/h2-6H,1H3,(H,17,18). The number of nitrogens with zero attached hydrogens (tertiary/aromatic N) is 1. The molecule has 1 heterocycles. The highest BCUT2D eigenvalue weighted by atomic mass is 35.5. The van der Waals surface area contributed by atoms with Crippen molar-refractivity contribution >= 4 is 17.6 Å². The van der Waals surface area contributed by atoms with Crippen LogP contribution in [0, 0.1) is 12.7 Å². The van der Waals surface area contributed by atoms with Gasteiger partial charge in [0, 0.05) is 6.07 Å². The van der Waals surface area contributed by atoms with E-state index >= 15 is 0 Å². The zero-order valence-electron chi connectivity index (χ0n) is 9.85. The van der Waals surface area contributed by atoms with Crippen LogP contribution in [0.2, 0.25) is 5.15 Å². The van der Waals surface area contributed by atoms with E-state index in [-0.39, 0.29) is 22.3 Å². The number of hydrogen-bond acceptors (Lipinski definition) is 3. The maximum Gasteiger partial charge on any atom is 0.341 e. The molecule has 2 aromatic rings. The van der Waals surface area contributed by atoms with Crippen molar-refractivity contribution in [1.82, 2.24) is 4.98 Å². The van der Waals surface area contributed by atoms with Crippen molar-refractivity contribution in [2.45, 2.75) is 6.92 Å². The molecule has 1 aromatic carbocycles. The first-order valence-corrected chi connectivity index (χ1v) is 5.69. The summed E-state index contributed by atoms with van der Waals surface area (Å²) in [6.07, 6.45) is 0. The molecule has 0 spiro atoms. The molecule has 6 heteroatoms. The van der Waals surface area contributed by atoms with Crippen LogP contribution in [-0.2, 0) is 0 Å². The molecule has 0 fully saturated rings. The molecule has 0 amide bonds. The lowest BCUT2D eigenvalue weighted by atomic mass is 10.2. The minimum atomic E-state index is -1.20. The number of rotatable bonds is 3. The van der Waals surface area contributed by atoms with Gasteiger partial charge < -0.3 is 9.84 Å². The molecule has 1 aromatic heterocycles. The van der Waals surface area contributed by atoms with Crippen LogP contribution in [0.3, 0.4) is 0 Å². The predicted octanol–water partition coefficient (Wildman–Crippen LogP) is 3.67. The lowest BCUT2D eigenvalue weighted by Gasteiger charge is -2.08. The van der Waals surface area contributed by atoms with Gasteiger partial charge in [-0.05, 0) is 30.7 Å². The van der Waals surface area contributed by atoms with E-state index in [2.05, 4.69) is 4.98 Å². The summed E-state index contributed by atoms with van der Waals surface area (Å²) in [5.41, 5.74) is 0.315. The Morgan fingerprint density at radius 3 is 2.74 bits per heavy atom. The molecule has 1 N–H and O–H groups in total. The first-order chi connectivity index (χ1) is 8.97. The van der Waals surface area contributed by atoms with Crippen molar-refractivity contribution < 1.29 is 19.0 Å². The van der Waals surface area contributed by atoms with Crippen molar-refractivity contribution in [3.8, 4) is 11.6 Å². The second kappa shape index (κ2) is 5.24. The number of hydrogen-bond donors (Lipinski definition) is 1. The lowest BCUT2D eigenvalue weighted by molar-refractivity contribution is 0.0693. The second-order valence-electron chi connectivity index (χ2n) is 3.80. The molecule has 0 aliphatic rings. The molecule has 0 aliphatic heterocycles. The van der Waals surface area contributed by atoms with E-state index in [0.717, 1.165) is 6.07 Å². The van der Waals surface area contributed by atoms with Gasteiger partial charge in [-0.15, -0.1) is 0 Å². The summed E-state index contributed by atoms with van der Waals surface area (Å²) in [5.74, 6) is -1.67. The Bertz CT molecular complexity index is 646. The molecule has 0 bridgehead atoms. The van der Waals surface area contributed by atoms with E-state index in [1.807, 2.05) is 0 Å². The number of aromatic nitrogens is 1. The van der Waals surface area contributed by atoms with Crippen molar-refractivity contribution in [2.75, 3.05) is 0 Å². The molecule has 0 saturated carbocycles. The first-order valence-electron chi connectivity index (χ1n) is 5.31. The second-order valence-corrected chi connectivity index (χ2v) is 4.19. The maximum absolute atomic E-state index is 13.4. The third-order valence-corrected chi connectivity index (χ3v) is 2.63. The Morgan fingerprint density at radius 2 is 2.11 bits per heavy atom. The molecule has 0 radical (unpaired) electrons.